The molecule has 126 valence electrons. The van der Waals surface area contributed by atoms with E-state index >= 15 is 0 Å². The quantitative estimate of drug-likeness (QED) is 0.787. The van der Waals surface area contributed by atoms with Gasteiger partial charge in [0, 0.05) is 10.0 Å². The van der Waals surface area contributed by atoms with Crippen LogP contribution in [0.2, 0.25) is 0 Å². The van der Waals surface area contributed by atoms with Crippen LogP contribution in [0.15, 0.2) is 40.9 Å². The Morgan fingerprint density at radius 2 is 1.67 bits per heavy atom. The van der Waals surface area contributed by atoms with E-state index in [-0.39, 0.29) is 6.61 Å². The van der Waals surface area contributed by atoms with Crippen LogP contribution in [0.5, 0.6) is 5.75 Å². The Balaban J connectivity index is 1.87. The van der Waals surface area contributed by atoms with Crippen LogP contribution in [0.1, 0.15) is 27.0 Å². The fourth-order valence-corrected chi connectivity index (χ4v) is 2.51. The molecule has 0 radical (unpaired) electrons. The molecule has 0 unspecified atom stereocenters. The second kappa shape index (κ2) is 7.97. The Bertz CT molecular complexity index is 755. The predicted octanol–water partition coefficient (Wildman–Crippen LogP) is 3.21. The summed E-state index contributed by atoms with van der Waals surface area (Å²) in [6.45, 7) is 5.58. The van der Waals surface area contributed by atoms with Crippen molar-refractivity contribution >= 4 is 27.7 Å². The van der Waals surface area contributed by atoms with Gasteiger partial charge in [-0.15, -0.1) is 0 Å². The summed E-state index contributed by atoms with van der Waals surface area (Å²) in [6, 6.07) is 11.0. The van der Waals surface area contributed by atoms with Crippen molar-refractivity contribution in [3.63, 3.8) is 0 Å². The first-order valence-electron chi connectivity index (χ1n) is 7.43. The molecule has 0 fully saturated rings. The highest BCUT2D eigenvalue weighted by Crippen LogP contribution is 2.22. The number of halogens is 1. The summed E-state index contributed by atoms with van der Waals surface area (Å²) in [5, 5.41) is 0. The molecule has 0 aliphatic carbocycles. The van der Waals surface area contributed by atoms with Gasteiger partial charge in [0.25, 0.3) is 11.8 Å². The van der Waals surface area contributed by atoms with Gasteiger partial charge in [0.15, 0.2) is 6.61 Å². The van der Waals surface area contributed by atoms with Crippen molar-refractivity contribution in [2.45, 2.75) is 20.8 Å². The Morgan fingerprint density at radius 1 is 1.00 bits per heavy atom. The lowest BCUT2D eigenvalue weighted by Gasteiger charge is -2.12. The number of ether oxygens (including phenoxy) is 1. The highest BCUT2D eigenvalue weighted by atomic mass is 79.9. The molecule has 2 amide bonds. The summed E-state index contributed by atoms with van der Waals surface area (Å²) < 4.78 is 6.36. The Hall–Kier alpha value is -2.34. The van der Waals surface area contributed by atoms with E-state index in [2.05, 4.69) is 26.8 Å². The van der Waals surface area contributed by atoms with Crippen molar-refractivity contribution in [2.24, 2.45) is 0 Å². The summed E-state index contributed by atoms with van der Waals surface area (Å²) >= 11 is 3.37. The molecule has 0 saturated heterocycles. The third kappa shape index (κ3) is 4.58. The van der Waals surface area contributed by atoms with Gasteiger partial charge in [0.05, 0.1) is 0 Å². The molecule has 0 aliphatic heterocycles. The summed E-state index contributed by atoms with van der Waals surface area (Å²) in [5.41, 5.74) is 8.10. The lowest BCUT2D eigenvalue weighted by Crippen LogP contribution is -2.43. The van der Waals surface area contributed by atoms with Gasteiger partial charge in [-0.25, -0.2) is 0 Å². The van der Waals surface area contributed by atoms with Crippen LogP contribution in [-0.2, 0) is 4.79 Å². The molecule has 5 nitrogen and oxygen atoms in total. The zero-order valence-electron chi connectivity index (χ0n) is 13.8. The second-order valence-corrected chi connectivity index (χ2v) is 6.33. The number of carbonyl (C=O) groups excluding carboxylic acids is 2. The molecule has 2 aromatic rings. The third-order valence-corrected chi connectivity index (χ3v) is 4.36. The molecule has 0 saturated carbocycles. The minimum atomic E-state index is -0.433. The van der Waals surface area contributed by atoms with Gasteiger partial charge in [-0.1, -0.05) is 40.2 Å². The SMILES string of the molecule is Cc1ccc(C(=O)NNC(=O)COc2c(C)cccc2C)cc1Br. The molecule has 0 heterocycles. The monoisotopic (exact) mass is 390 g/mol. The third-order valence-electron chi connectivity index (χ3n) is 3.51. The number of hydrazine groups is 1. The Kier molecular flexibility index (Phi) is 5.98. The Morgan fingerprint density at radius 3 is 2.29 bits per heavy atom. The highest BCUT2D eigenvalue weighted by Gasteiger charge is 2.10. The molecule has 2 aromatic carbocycles. The molecule has 24 heavy (non-hydrogen) atoms. The molecule has 0 spiro atoms. The van der Waals surface area contributed by atoms with Crippen LogP contribution in [0.3, 0.4) is 0 Å². The van der Waals surface area contributed by atoms with Gasteiger partial charge in [0.1, 0.15) is 5.75 Å². The van der Waals surface area contributed by atoms with Crippen LogP contribution in [-0.4, -0.2) is 18.4 Å². The first-order valence-corrected chi connectivity index (χ1v) is 8.22. The number of benzene rings is 2. The van der Waals surface area contributed by atoms with Crippen LogP contribution < -0.4 is 15.6 Å². The number of hydrogen-bond acceptors (Lipinski definition) is 3. The van der Waals surface area contributed by atoms with E-state index in [4.69, 9.17) is 4.74 Å². The van der Waals surface area contributed by atoms with Gasteiger partial charge in [-0.2, -0.15) is 0 Å². The smallest absolute Gasteiger partial charge is 0.276 e. The molecule has 0 aliphatic rings. The second-order valence-electron chi connectivity index (χ2n) is 5.48. The van der Waals surface area contributed by atoms with Crippen LogP contribution in [0.4, 0.5) is 0 Å². The number of nitrogens with one attached hydrogen (secondary N) is 2. The van der Waals surface area contributed by atoms with Crippen molar-refractivity contribution in [1.29, 1.82) is 0 Å². The van der Waals surface area contributed by atoms with Crippen molar-refractivity contribution in [1.82, 2.24) is 10.9 Å². The average Bonchev–Trinajstić information content (AvgIpc) is 2.54. The molecule has 0 bridgehead atoms. The van der Waals surface area contributed by atoms with Crippen molar-refractivity contribution in [3.8, 4) is 5.75 Å². The van der Waals surface area contributed by atoms with Crippen LogP contribution >= 0.6 is 15.9 Å². The van der Waals surface area contributed by atoms with Crippen molar-refractivity contribution in [2.75, 3.05) is 6.61 Å². The number of rotatable bonds is 4. The summed E-state index contributed by atoms with van der Waals surface area (Å²) in [5.74, 6) is -0.144. The zero-order valence-corrected chi connectivity index (χ0v) is 15.4. The summed E-state index contributed by atoms with van der Waals surface area (Å²) in [4.78, 5) is 23.8. The number of aryl methyl sites for hydroxylation is 3. The van der Waals surface area contributed by atoms with Gasteiger partial charge in [-0.3, -0.25) is 20.4 Å². The minimum Gasteiger partial charge on any atom is -0.483 e. The van der Waals surface area contributed by atoms with Crippen LogP contribution in [0.25, 0.3) is 0 Å². The molecule has 2 N–H and O–H groups in total. The van der Waals surface area contributed by atoms with Gasteiger partial charge in [-0.05, 0) is 49.6 Å². The normalized spacial score (nSPS) is 10.2. The minimum absolute atomic E-state index is 0.177. The summed E-state index contributed by atoms with van der Waals surface area (Å²) in [6.07, 6.45) is 0. The number of hydrogen-bond donors (Lipinski definition) is 2. The average molecular weight is 391 g/mol. The maximum Gasteiger partial charge on any atom is 0.276 e. The number of para-hydroxylation sites is 1. The molecular formula is C18H19BrN2O3. The summed E-state index contributed by atoms with van der Waals surface area (Å²) in [7, 11) is 0. The lowest BCUT2D eigenvalue weighted by molar-refractivity contribution is -0.123. The fraction of sp³-hybridized carbons (Fsp3) is 0.222. The fourth-order valence-electron chi connectivity index (χ4n) is 2.13. The number of amides is 2. The molecule has 0 aromatic heterocycles. The van der Waals surface area contributed by atoms with E-state index in [9.17, 15) is 9.59 Å². The molecular weight excluding hydrogens is 372 g/mol. The molecule has 0 atom stereocenters. The van der Waals surface area contributed by atoms with Crippen molar-refractivity contribution in [3.05, 3.63) is 63.1 Å². The lowest BCUT2D eigenvalue weighted by atomic mass is 10.1. The van der Waals surface area contributed by atoms with Gasteiger partial charge < -0.3 is 4.74 Å². The first kappa shape index (κ1) is 18.0. The highest BCUT2D eigenvalue weighted by molar-refractivity contribution is 9.10. The molecule has 6 heteroatoms. The van der Waals surface area contributed by atoms with E-state index in [1.54, 1.807) is 12.1 Å². The maximum atomic E-state index is 12.0. The topological polar surface area (TPSA) is 67.4 Å². The van der Waals surface area contributed by atoms with E-state index < -0.39 is 11.8 Å². The molecule has 2 rings (SSSR count). The zero-order chi connectivity index (χ0) is 17.7. The van der Waals surface area contributed by atoms with E-state index in [1.807, 2.05) is 45.0 Å². The largest absolute Gasteiger partial charge is 0.483 e. The van der Waals surface area contributed by atoms with Gasteiger partial charge in [0.2, 0.25) is 0 Å². The predicted molar refractivity (Wildman–Crippen MR) is 95.9 cm³/mol. The maximum absolute atomic E-state index is 12.0. The first-order chi connectivity index (χ1) is 11.4. The van der Waals surface area contributed by atoms with E-state index in [0.717, 1.165) is 21.2 Å². The van der Waals surface area contributed by atoms with E-state index in [0.29, 0.717) is 11.3 Å². The number of carbonyl (C=O) groups is 2. The van der Waals surface area contributed by atoms with E-state index in [1.165, 1.54) is 0 Å². The van der Waals surface area contributed by atoms with Crippen LogP contribution in [0, 0.1) is 20.8 Å². The van der Waals surface area contributed by atoms with Crippen molar-refractivity contribution < 1.29 is 14.3 Å². The Labute approximate surface area is 149 Å². The standard InChI is InChI=1S/C18H19BrN2O3/c1-11-7-8-14(9-15(11)19)18(23)21-20-16(22)10-24-17-12(2)5-4-6-13(17)3/h4-9H,10H2,1-3H3,(H,20,22)(H,21,23). The van der Waals surface area contributed by atoms with Gasteiger partial charge >= 0.3 is 0 Å².